The number of benzene rings is 1. The highest BCUT2D eigenvalue weighted by molar-refractivity contribution is 9.10. The van der Waals surface area contributed by atoms with Gasteiger partial charge in [-0.3, -0.25) is 0 Å². The minimum absolute atomic E-state index is 0. The standard InChI is InChI=1S/C10H11BrN4.ClH/c1-12-6-9-7-15(14-13-9)10-4-2-3-8(11)5-10;/h2-5,7,12H,6H2,1H3;1H. The molecule has 0 aliphatic carbocycles. The van der Waals surface area contributed by atoms with Gasteiger partial charge in [-0.15, -0.1) is 17.5 Å². The van der Waals surface area contributed by atoms with Crippen LogP contribution in [0.2, 0.25) is 0 Å². The van der Waals surface area contributed by atoms with Gasteiger partial charge in [0.25, 0.3) is 0 Å². The predicted octanol–water partition coefficient (Wildman–Crippen LogP) is 2.17. The van der Waals surface area contributed by atoms with Gasteiger partial charge in [-0.05, 0) is 25.2 Å². The SMILES string of the molecule is CNCc1cn(-c2cccc(Br)c2)nn1.Cl. The zero-order chi connectivity index (χ0) is 10.7. The Morgan fingerprint density at radius 1 is 1.44 bits per heavy atom. The van der Waals surface area contributed by atoms with Crippen LogP contribution >= 0.6 is 28.3 Å². The molecule has 1 heterocycles. The molecular formula is C10H12BrClN4. The van der Waals surface area contributed by atoms with Crippen molar-refractivity contribution in [3.05, 3.63) is 40.6 Å². The molecule has 86 valence electrons. The second-order valence-corrected chi connectivity index (χ2v) is 4.08. The van der Waals surface area contributed by atoms with E-state index in [9.17, 15) is 0 Å². The van der Waals surface area contributed by atoms with Gasteiger partial charge >= 0.3 is 0 Å². The van der Waals surface area contributed by atoms with Crippen LogP contribution in [-0.2, 0) is 6.54 Å². The maximum Gasteiger partial charge on any atom is 0.0969 e. The number of rotatable bonds is 3. The number of halogens is 2. The summed E-state index contributed by atoms with van der Waals surface area (Å²) in [4.78, 5) is 0. The summed E-state index contributed by atoms with van der Waals surface area (Å²) in [7, 11) is 1.89. The summed E-state index contributed by atoms with van der Waals surface area (Å²) < 4.78 is 2.79. The van der Waals surface area contributed by atoms with Crippen LogP contribution in [0.4, 0.5) is 0 Å². The monoisotopic (exact) mass is 302 g/mol. The summed E-state index contributed by atoms with van der Waals surface area (Å²) in [5.41, 5.74) is 1.93. The Morgan fingerprint density at radius 3 is 2.94 bits per heavy atom. The van der Waals surface area contributed by atoms with Gasteiger partial charge in [0.1, 0.15) is 0 Å². The quantitative estimate of drug-likeness (QED) is 0.945. The Bertz CT molecular complexity index is 458. The van der Waals surface area contributed by atoms with Crippen LogP contribution in [0.15, 0.2) is 34.9 Å². The third kappa shape index (κ3) is 3.04. The van der Waals surface area contributed by atoms with E-state index in [0.29, 0.717) is 0 Å². The zero-order valence-electron chi connectivity index (χ0n) is 8.72. The lowest BCUT2D eigenvalue weighted by Gasteiger charge is -1.99. The summed E-state index contributed by atoms with van der Waals surface area (Å²) in [5, 5.41) is 11.1. The highest BCUT2D eigenvalue weighted by Gasteiger charge is 2.01. The van der Waals surface area contributed by atoms with E-state index < -0.39 is 0 Å². The first-order valence-corrected chi connectivity index (χ1v) is 5.40. The van der Waals surface area contributed by atoms with Crippen LogP contribution in [0.5, 0.6) is 0 Å². The van der Waals surface area contributed by atoms with Gasteiger partial charge in [0, 0.05) is 11.0 Å². The molecule has 0 spiro atoms. The molecule has 0 amide bonds. The molecule has 1 N–H and O–H groups in total. The Morgan fingerprint density at radius 2 is 2.25 bits per heavy atom. The van der Waals surface area contributed by atoms with E-state index in [1.165, 1.54) is 0 Å². The lowest BCUT2D eigenvalue weighted by molar-refractivity contribution is 0.767. The van der Waals surface area contributed by atoms with Gasteiger partial charge in [-0.25, -0.2) is 4.68 Å². The van der Waals surface area contributed by atoms with Gasteiger partial charge in [-0.1, -0.05) is 27.2 Å². The number of aromatic nitrogens is 3. The number of hydrogen-bond acceptors (Lipinski definition) is 3. The van der Waals surface area contributed by atoms with Gasteiger partial charge in [0.2, 0.25) is 0 Å². The van der Waals surface area contributed by atoms with Crippen molar-refractivity contribution in [2.24, 2.45) is 0 Å². The highest BCUT2D eigenvalue weighted by Crippen LogP contribution is 2.14. The van der Waals surface area contributed by atoms with Crippen LogP contribution in [0.25, 0.3) is 5.69 Å². The zero-order valence-corrected chi connectivity index (χ0v) is 11.1. The maximum atomic E-state index is 4.05. The van der Waals surface area contributed by atoms with E-state index in [1.54, 1.807) is 4.68 Å². The molecule has 6 heteroatoms. The average molecular weight is 304 g/mol. The molecule has 0 aliphatic rings. The molecule has 0 saturated heterocycles. The first-order valence-electron chi connectivity index (χ1n) is 4.61. The molecule has 4 nitrogen and oxygen atoms in total. The summed E-state index contributed by atoms with van der Waals surface area (Å²) in [6.45, 7) is 0.730. The van der Waals surface area contributed by atoms with Gasteiger partial charge in [0.05, 0.1) is 17.6 Å². The number of hydrogen-bond donors (Lipinski definition) is 1. The first-order chi connectivity index (χ1) is 7.29. The molecule has 1 aromatic heterocycles. The third-order valence-corrected chi connectivity index (χ3v) is 2.46. The molecule has 0 aliphatic heterocycles. The van der Waals surface area contributed by atoms with Crippen molar-refractivity contribution in [1.29, 1.82) is 0 Å². The second kappa shape index (κ2) is 5.98. The van der Waals surface area contributed by atoms with Gasteiger partial charge in [0.15, 0.2) is 0 Å². The molecule has 0 saturated carbocycles. The van der Waals surface area contributed by atoms with Crippen molar-refractivity contribution in [1.82, 2.24) is 20.3 Å². The van der Waals surface area contributed by atoms with Crippen molar-refractivity contribution in [3.63, 3.8) is 0 Å². The summed E-state index contributed by atoms with van der Waals surface area (Å²) in [6, 6.07) is 7.94. The maximum absolute atomic E-state index is 4.05. The van der Waals surface area contributed by atoms with Crippen LogP contribution in [0, 0.1) is 0 Å². The van der Waals surface area contributed by atoms with Crippen molar-refractivity contribution in [3.8, 4) is 5.69 Å². The predicted molar refractivity (Wildman–Crippen MR) is 69.1 cm³/mol. The van der Waals surface area contributed by atoms with Crippen molar-refractivity contribution in [2.45, 2.75) is 6.54 Å². The van der Waals surface area contributed by atoms with Gasteiger partial charge in [-0.2, -0.15) is 0 Å². The molecule has 16 heavy (non-hydrogen) atoms. The van der Waals surface area contributed by atoms with E-state index in [0.717, 1.165) is 22.4 Å². The molecule has 0 unspecified atom stereocenters. The molecule has 0 bridgehead atoms. The first kappa shape index (κ1) is 13.2. The van der Waals surface area contributed by atoms with Gasteiger partial charge < -0.3 is 5.32 Å². The Labute approximate surface area is 109 Å². The average Bonchev–Trinajstić information content (AvgIpc) is 2.67. The third-order valence-electron chi connectivity index (χ3n) is 1.97. The van der Waals surface area contributed by atoms with E-state index >= 15 is 0 Å². The molecule has 2 aromatic rings. The topological polar surface area (TPSA) is 42.7 Å². The molecular weight excluding hydrogens is 291 g/mol. The van der Waals surface area contributed by atoms with Crippen LogP contribution < -0.4 is 5.32 Å². The Balaban J connectivity index is 0.00000128. The smallest absolute Gasteiger partial charge is 0.0969 e. The Hall–Kier alpha value is -0.910. The minimum atomic E-state index is 0. The van der Waals surface area contributed by atoms with Crippen LogP contribution in [0.1, 0.15) is 5.69 Å². The highest BCUT2D eigenvalue weighted by atomic mass is 79.9. The fourth-order valence-electron chi connectivity index (χ4n) is 1.31. The number of nitrogens with zero attached hydrogens (tertiary/aromatic N) is 3. The van der Waals surface area contributed by atoms with E-state index in [2.05, 4.69) is 31.6 Å². The lowest BCUT2D eigenvalue weighted by Crippen LogP contribution is -2.04. The van der Waals surface area contributed by atoms with Crippen LogP contribution in [-0.4, -0.2) is 22.0 Å². The largest absolute Gasteiger partial charge is 0.314 e. The lowest BCUT2D eigenvalue weighted by atomic mass is 10.3. The summed E-state index contributed by atoms with van der Waals surface area (Å²) >= 11 is 3.42. The normalized spacial score (nSPS) is 9.88. The fourth-order valence-corrected chi connectivity index (χ4v) is 1.69. The second-order valence-electron chi connectivity index (χ2n) is 3.16. The van der Waals surface area contributed by atoms with E-state index in [4.69, 9.17) is 0 Å². The fraction of sp³-hybridized carbons (Fsp3) is 0.200. The summed E-state index contributed by atoms with van der Waals surface area (Å²) in [5.74, 6) is 0. The molecule has 0 atom stereocenters. The van der Waals surface area contributed by atoms with Crippen molar-refractivity contribution < 1.29 is 0 Å². The van der Waals surface area contributed by atoms with E-state index in [-0.39, 0.29) is 12.4 Å². The van der Waals surface area contributed by atoms with Crippen molar-refractivity contribution in [2.75, 3.05) is 7.05 Å². The Kier molecular flexibility index (Phi) is 4.92. The van der Waals surface area contributed by atoms with Crippen LogP contribution in [0.3, 0.4) is 0 Å². The molecule has 1 aromatic carbocycles. The summed E-state index contributed by atoms with van der Waals surface area (Å²) in [6.07, 6.45) is 1.91. The molecule has 2 rings (SSSR count). The molecule has 0 fully saturated rings. The van der Waals surface area contributed by atoms with E-state index in [1.807, 2.05) is 37.5 Å². The van der Waals surface area contributed by atoms with Crippen molar-refractivity contribution >= 4 is 28.3 Å². The minimum Gasteiger partial charge on any atom is -0.314 e. The number of nitrogens with one attached hydrogen (secondary N) is 1. The molecule has 0 radical (unpaired) electrons.